The highest BCUT2D eigenvalue weighted by molar-refractivity contribution is 5.87. The lowest BCUT2D eigenvalue weighted by Crippen LogP contribution is -2.48. The van der Waals surface area contributed by atoms with Gasteiger partial charge in [-0.1, -0.05) is 36.4 Å². The van der Waals surface area contributed by atoms with Gasteiger partial charge in [-0.15, -0.1) is 0 Å². The molecule has 1 N–H and O–H groups in total. The molecular formula is C22H28N2O3. The summed E-state index contributed by atoms with van der Waals surface area (Å²) in [6.45, 7) is 7.94. The van der Waals surface area contributed by atoms with E-state index in [1.54, 1.807) is 18.9 Å². The number of nitrogens with one attached hydrogen (secondary N) is 1. The summed E-state index contributed by atoms with van der Waals surface area (Å²) >= 11 is 0. The Kier molecular flexibility index (Phi) is 6.99. The molecule has 144 valence electrons. The maximum absolute atomic E-state index is 12.9. The van der Waals surface area contributed by atoms with Crippen LogP contribution in [-0.2, 0) is 16.1 Å². The van der Waals surface area contributed by atoms with E-state index >= 15 is 0 Å². The number of hydrogen-bond donors (Lipinski definition) is 1. The number of hydrogen-bond acceptors (Lipinski definition) is 3. The summed E-state index contributed by atoms with van der Waals surface area (Å²) in [4.78, 5) is 26.6. The monoisotopic (exact) mass is 368 g/mol. The van der Waals surface area contributed by atoms with Crippen LogP contribution in [0.2, 0.25) is 0 Å². The van der Waals surface area contributed by atoms with Gasteiger partial charge in [0.2, 0.25) is 5.91 Å². The first kappa shape index (κ1) is 20.5. The van der Waals surface area contributed by atoms with Crippen LogP contribution >= 0.6 is 0 Å². The van der Waals surface area contributed by atoms with E-state index < -0.39 is 6.04 Å². The number of likely N-dealkylation sites (N-methyl/N-ethyl adjacent to an activating group) is 1. The summed E-state index contributed by atoms with van der Waals surface area (Å²) in [5.74, 6) is 0.255. The van der Waals surface area contributed by atoms with Gasteiger partial charge in [-0.25, -0.2) is 0 Å². The summed E-state index contributed by atoms with van der Waals surface area (Å²) in [6, 6.07) is 13.0. The number of ether oxygens (including phenoxy) is 1. The first-order chi connectivity index (χ1) is 12.8. The summed E-state index contributed by atoms with van der Waals surface area (Å²) in [7, 11) is 1.57. The molecule has 0 bridgehead atoms. The normalized spacial score (nSPS) is 11.6. The average molecular weight is 368 g/mol. The third kappa shape index (κ3) is 5.09. The van der Waals surface area contributed by atoms with Crippen LogP contribution in [0.25, 0.3) is 0 Å². The minimum absolute atomic E-state index is 0.114. The van der Waals surface area contributed by atoms with Crippen molar-refractivity contribution in [2.75, 3.05) is 13.7 Å². The van der Waals surface area contributed by atoms with E-state index in [-0.39, 0.29) is 18.4 Å². The largest absolute Gasteiger partial charge is 0.483 e. The van der Waals surface area contributed by atoms with Crippen LogP contribution in [0.4, 0.5) is 0 Å². The maximum atomic E-state index is 12.9. The molecule has 2 amide bonds. The van der Waals surface area contributed by atoms with Crippen LogP contribution < -0.4 is 10.1 Å². The van der Waals surface area contributed by atoms with Crippen LogP contribution in [0.3, 0.4) is 0 Å². The molecule has 0 saturated heterocycles. The number of nitrogens with zero attached hydrogens (tertiary/aromatic N) is 1. The molecule has 2 aromatic carbocycles. The molecule has 1 atom stereocenters. The van der Waals surface area contributed by atoms with E-state index in [4.69, 9.17) is 4.74 Å². The highest BCUT2D eigenvalue weighted by Gasteiger charge is 2.26. The highest BCUT2D eigenvalue weighted by atomic mass is 16.5. The van der Waals surface area contributed by atoms with E-state index in [9.17, 15) is 9.59 Å². The van der Waals surface area contributed by atoms with Crippen LogP contribution in [0.15, 0.2) is 42.5 Å². The molecule has 0 radical (unpaired) electrons. The second-order valence-electron chi connectivity index (χ2n) is 6.73. The van der Waals surface area contributed by atoms with Crippen molar-refractivity contribution in [1.29, 1.82) is 0 Å². The Hall–Kier alpha value is -2.82. The van der Waals surface area contributed by atoms with Gasteiger partial charge >= 0.3 is 0 Å². The smallest absolute Gasteiger partial charge is 0.261 e. The van der Waals surface area contributed by atoms with Gasteiger partial charge in [0.05, 0.1) is 0 Å². The molecule has 0 aliphatic carbocycles. The minimum atomic E-state index is -0.593. The van der Waals surface area contributed by atoms with Crippen LogP contribution in [0.5, 0.6) is 5.75 Å². The standard InChI is InChI=1S/C22H28N2O3/c1-15-10-8-12-20(17(15)3)27-14-21(25)24(18(4)22(26)23-5)13-19-11-7-6-9-16(19)2/h6-12,18H,13-14H2,1-5H3,(H,23,26)/t18-/m1/s1. The molecule has 0 aromatic heterocycles. The van der Waals surface area contributed by atoms with E-state index in [2.05, 4.69) is 5.32 Å². The predicted octanol–water partition coefficient (Wildman–Crippen LogP) is 3.15. The summed E-state index contributed by atoms with van der Waals surface area (Å²) < 4.78 is 5.77. The number of aryl methyl sites for hydroxylation is 2. The van der Waals surface area contributed by atoms with Crippen molar-refractivity contribution in [2.45, 2.75) is 40.3 Å². The lowest BCUT2D eigenvalue weighted by Gasteiger charge is -2.29. The quantitative estimate of drug-likeness (QED) is 0.817. The lowest BCUT2D eigenvalue weighted by atomic mass is 10.1. The van der Waals surface area contributed by atoms with Gasteiger partial charge in [0.15, 0.2) is 6.61 Å². The fourth-order valence-electron chi connectivity index (χ4n) is 2.87. The molecule has 0 aliphatic rings. The van der Waals surface area contributed by atoms with Gasteiger partial charge in [-0.2, -0.15) is 0 Å². The Bertz CT molecular complexity index is 817. The van der Waals surface area contributed by atoms with Gasteiger partial charge in [0.1, 0.15) is 11.8 Å². The van der Waals surface area contributed by atoms with Gasteiger partial charge in [0.25, 0.3) is 5.91 Å². The minimum Gasteiger partial charge on any atom is -0.483 e. The first-order valence-corrected chi connectivity index (χ1v) is 9.09. The second-order valence-corrected chi connectivity index (χ2v) is 6.73. The first-order valence-electron chi connectivity index (χ1n) is 9.09. The Morgan fingerprint density at radius 2 is 1.70 bits per heavy atom. The third-order valence-corrected chi connectivity index (χ3v) is 4.92. The highest BCUT2D eigenvalue weighted by Crippen LogP contribution is 2.21. The van der Waals surface area contributed by atoms with Gasteiger partial charge in [-0.3, -0.25) is 9.59 Å². The summed E-state index contributed by atoms with van der Waals surface area (Å²) in [5.41, 5.74) is 4.20. The van der Waals surface area contributed by atoms with Crippen molar-refractivity contribution in [3.8, 4) is 5.75 Å². The second kappa shape index (κ2) is 9.21. The van der Waals surface area contributed by atoms with E-state index in [0.717, 1.165) is 22.3 Å². The fourth-order valence-corrected chi connectivity index (χ4v) is 2.87. The molecule has 0 saturated carbocycles. The third-order valence-electron chi connectivity index (χ3n) is 4.92. The van der Waals surface area contributed by atoms with Gasteiger partial charge < -0.3 is 15.0 Å². The number of carbonyl (C=O) groups excluding carboxylic acids is 2. The van der Waals surface area contributed by atoms with E-state index in [0.29, 0.717) is 12.3 Å². The Balaban J connectivity index is 2.19. The van der Waals surface area contributed by atoms with Crippen molar-refractivity contribution < 1.29 is 14.3 Å². The fraction of sp³-hybridized carbons (Fsp3) is 0.364. The molecule has 5 heteroatoms. The maximum Gasteiger partial charge on any atom is 0.261 e. The van der Waals surface area contributed by atoms with Crippen LogP contribution in [0, 0.1) is 20.8 Å². The van der Waals surface area contributed by atoms with Gasteiger partial charge in [-0.05, 0) is 56.0 Å². The van der Waals surface area contributed by atoms with Crippen LogP contribution in [0.1, 0.15) is 29.2 Å². The number of amides is 2. The van der Waals surface area contributed by atoms with E-state index in [1.807, 2.05) is 63.2 Å². The molecule has 2 aromatic rings. The zero-order chi connectivity index (χ0) is 20.0. The molecule has 0 unspecified atom stereocenters. The molecule has 0 heterocycles. The average Bonchev–Trinajstić information content (AvgIpc) is 2.67. The Morgan fingerprint density at radius 3 is 2.37 bits per heavy atom. The molecule has 27 heavy (non-hydrogen) atoms. The van der Waals surface area contributed by atoms with Crippen LogP contribution in [-0.4, -0.2) is 36.4 Å². The molecule has 2 rings (SSSR count). The number of benzene rings is 2. The van der Waals surface area contributed by atoms with Crippen molar-refractivity contribution in [3.05, 3.63) is 64.7 Å². The predicted molar refractivity (Wildman–Crippen MR) is 107 cm³/mol. The zero-order valence-electron chi connectivity index (χ0n) is 16.7. The van der Waals surface area contributed by atoms with Crippen molar-refractivity contribution in [2.24, 2.45) is 0 Å². The Labute approximate surface area is 161 Å². The van der Waals surface area contributed by atoms with Crippen molar-refractivity contribution in [1.82, 2.24) is 10.2 Å². The zero-order valence-corrected chi connectivity index (χ0v) is 16.7. The Morgan fingerprint density at radius 1 is 1.04 bits per heavy atom. The number of rotatable bonds is 7. The molecule has 0 spiro atoms. The molecule has 5 nitrogen and oxygen atoms in total. The topological polar surface area (TPSA) is 58.6 Å². The molecule has 0 aliphatic heterocycles. The van der Waals surface area contributed by atoms with Crippen molar-refractivity contribution >= 4 is 11.8 Å². The lowest BCUT2D eigenvalue weighted by molar-refractivity contribution is -0.142. The van der Waals surface area contributed by atoms with E-state index in [1.165, 1.54) is 0 Å². The SMILES string of the molecule is CNC(=O)[C@@H](C)N(Cc1ccccc1C)C(=O)COc1cccc(C)c1C. The van der Waals surface area contributed by atoms with Gasteiger partial charge in [0, 0.05) is 13.6 Å². The molecular weight excluding hydrogens is 340 g/mol. The number of carbonyl (C=O) groups is 2. The summed E-state index contributed by atoms with van der Waals surface area (Å²) in [6.07, 6.45) is 0. The summed E-state index contributed by atoms with van der Waals surface area (Å²) in [5, 5.41) is 2.62. The molecule has 0 fully saturated rings. The van der Waals surface area contributed by atoms with Crippen molar-refractivity contribution in [3.63, 3.8) is 0 Å².